The first-order valence-electron chi connectivity index (χ1n) is 8.05. The quantitative estimate of drug-likeness (QED) is 0.838. The Hall–Kier alpha value is -2.49. The number of rotatable bonds is 5. The molecule has 0 spiro atoms. The van der Waals surface area contributed by atoms with Crippen LogP contribution in [0, 0.1) is 0 Å². The highest BCUT2D eigenvalue weighted by atomic mass is 16.5. The number of ether oxygens (including phenoxy) is 3. The Labute approximate surface area is 143 Å². The molecule has 0 atom stereocenters. The number of hydrogen-bond donors (Lipinski definition) is 0. The molecule has 2 aromatic rings. The molecule has 0 fully saturated rings. The van der Waals surface area contributed by atoms with Crippen LogP contribution < -0.4 is 9.47 Å². The van der Waals surface area contributed by atoms with Gasteiger partial charge in [-0.3, -0.25) is 0 Å². The molecule has 0 N–H and O–H groups in total. The summed E-state index contributed by atoms with van der Waals surface area (Å²) in [6.45, 7) is 4.72. The normalized spacial score (nSPS) is 15.6. The van der Waals surface area contributed by atoms with E-state index in [1.807, 2.05) is 30.3 Å². The molecular weight excluding hydrogens is 302 g/mol. The van der Waals surface area contributed by atoms with E-state index in [-0.39, 0.29) is 5.54 Å². The molecule has 4 nitrogen and oxygen atoms in total. The molecule has 126 valence electrons. The van der Waals surface area contributed by atoms with Crippen molar-refractivity contribution in [1.82, 2.24) is 0 Å². The third-order valence-corrected chi connectivity index (χ3v) is 4.07. The molecule has 1 aliphatic rings. The lowest BCUT2D eigenvalue weighted by Gasteiger charge is -2.17. The highest BCUT2D eigenvalue weighted by Gasteiger charge is 2.29. The zero-order valence-corrected chi connectivity index (χ0v) is 14.6. The number of benzene rings is 2. The maximum atomic E-state index is 5.86. The van der Waals surface area contributed by atoms with Crippen LogP contribution in [-0.4, -0.2) is 32.3 Å². The lowest BCUT2D eigenvalue weighted by atomic mass is 9.97. The second-order valence-corrected chi connectivity index (χ2v) is 6.51. The van der Waals surface area contributed by atoms with Crippen molar-refractivity contribution < 1.29 is 14.2 Å². The van der Waals surface area contributed by atoms with E-state index in [9.17, 15) is 0 Å². The molecular formula is C20H23NO3. The highest BCUT2D eigenvalue weighted by Crippen LogP contribution is 2.36. The largest absolute Gasteiger partial charge is 0.493 e. The van der Waals surface area contributed by atoms with Gasteiger partial charge in [-0.15, -0.1) is 0 Å². The van der Waals surface area contributed by atoms with Crippen molar-refractivity contribution in [3.63, 3.8) is 0 Å². The number of hydrogen-bond acceptors (Lipinski definition) is 4. The van der Waals surface area contributed by atoms with E-state index < -0.39 is 0 Å². The molecule has 24 heavy (non-hydrogen) atoms. The van der Waals surface area contributed by atoms with Gasteiger partial charge < -0.3 is 14.2 Å². The smallest absolute Gasteiger partial charge is 0.217 e. The molecule has 0 unspecified atom stereocenters. The summed E-state index contributed by atoms with van der Waals surface area (Å²) in [6.07, 6.45) is 0.722. The molecule has 1 heterocycles. The summed E-state index contributed by atoms with van der Waals surface area (Å²) < 4.78 is 17.0. The fourth-order valence-corrected chi connectivity index (χ4v) is 2.89. The maximum Gasteiger partial charge on any atom is 0.217 e. The Morgan fingerprint density at radius 2 is 1.79 bits per heavy atom. The van der Waals surface area contributed by atoms with Crippen molar-refractivity contribution in [3.05, 3.63) is 59.2 Å². The van der Waals surface area contributed by atoms with Gasteiger partial charge in [0.1, 0.15) is 6.61 Å². The molecule has 0 radical (unpaired) electrons. The lowest BCUT2D eigenvalue weighted by molar-refractivity contribution is 0.279. The Morgan fingerprint density at radius 1 is 1.04 bits per heavy atom. The van der Waals surface area contributed by atoms with Crippen molar-refractivity contribution in [3.8, 4) is 11.5 Å². The van der Waals surface area contributed by atoms with Gasteiger partial charge in [-0.25, -0.2) is 4.99 Å². The van der Waals surface area contributed by atoms with Crippen LogP contribution in [0.2, 0.25) is 0 Å². The molecule has 0 saturated carbocycles. The van der Waals surface area contributed by atoms with Gasteiger partial charge >= 0.3 is 0 Å². The first-order valence-corrected chi connectivity index (χ1v) is 8.05. The highest BCUT2D eigenvalue weighted by molar-refractivity contribution is 5.98. The fourth-order valence-electron chi connectivity index (χ4n) is 2.89. The second-order valence-electron chi connectivity index (χ2n) is 6.51. The summed E-state index contributed by atoms with van der Waals surface area (Å²) in [5.74, 6) is 2.12. The summed E-state index contributed by atoms with van der Waals surface area (Å²) in [6, 6.07) is 14.2. The zero-order chi connectivity index (χ0) is 17.2. The van der Waals surface area contributed by atoms with Crippen molar-refractivity contribution in [2.45, 2.75) is 25.8 Å². The standard InChI is InChI=1S/C20H23NO3/c1-20(2)13-24-19(21-20)15-10-11-17(22-3)18(23-4)16(15)12-14-8-6-5-7-9-14/h5-11H,12-13H2,1-4H3. The molecule has 0 aliphatic carbocycles. The van der Waals surface area contributed by atoms with E-state index in [2.05, 4.69) is 26.0 Å². The molecule has 3 rings (SSSR count). The molecule has 0 amide bonds. The molecule has 0 aromatic heterocycles. The lowest BCUT2D eigenvalue weighted by Crippen LogP contribution is -2.17. The summed E-state index contributed by atoms with van der Waals surface area (Å²) >= 11 is 0. The summed E-state index contributed by atoms with van der Waals surface area (Å²) in [5.41, 5.74) is 2.98. The number of methoxy groups -OCH3 is 2. The third kappa shape index (κ3) is 3.23. The van der Waals surface area contributed by atoms with Gasteiger partial charge in [0.15, 0.2) is 11.5 Å². The Bertz CT molecular complexity index is 751. The average Bonchev–Trinajstić information content (AvgIpc) is 2.95. The van der Waals surface area contributed by atoms with E-state index in [1.54, 1.807) is 14.2 Å². The Kier molecular flexibility index (Phi) is 4.47. The third-order valence-electron chi connectivity index (χ3n) is 4.07. The van der Waals surface area contributed by atoms with Crippen LogP contribution in [0.4, 0.5) is 0 Å². The van der Waals surface area contributed by atoms with Gasteiger partial charge in [0.05, 0.1) is 19.8 Å². The van der Waals surface area contributed by atoms with E-state index in [4.69, 9.17) is 19.2 Å². The predicted molar refractivity (Wildman–Crippen MR) is 95.4 cm³/mol. The minimum atomic E-state index is -0.202. The first-order chi connectivity index (χ1) is 11.5. The molecule has 1 aliphatic heterocycles. The van der Waals surface area contributed by atoms with E-state index in [0.717, 1.165) is 23.3 Å². The van der Waals surface area contributed by atoms with E-state index in [0.29, 0.717) is 18.3 Å². The monoisotopic (exact) mass is 325 g/mol. The minimum Gasteiger partial charge on any atom is -0.493 e. The first kappa shape index (κ1) is 16.4. The van der Waals surface area contributed by atoms with E-state index in [1.165, 1.54) is 5.56 Å². The number of aliphatic imine (C=N–C) groups is 1. The van der Waals surface area contributed by atoms with Crippen LogP contribution in [0.25, 0.3) is 0 Å². The Balaban J connectivity index is 2.11. The van der Waals surface area contributed by atoms with Crippen molar-refractivity contribution in [1.29, 1.82) is 0 Å². The maximum absolute atomic E-state index is 5.86. The summed E-state index contributed by atoms with van der Waals surface area (Å²) in [7, 11) is 3.31. The predicted octanol–water partition coefficient (Wildman–Crippen LogP) is 3.85. The van der Waals surface area contributed by atoms with Gasteiger partial charge in [-0.1, -0.05) is 30.3 Å². The van der Waals surface area contributed by atoms with Gasteiger partial charge in [0.25, 0.3) is 0 Å². The summed E-state index contributed by atoms with van der Waals surface area (Å²) in [4.78, 5) is 4.72. The average molecular weight is 325 g/mol. The van der Waals surface area contributed by atoms with Crippen LogP contribution in [-0.2, 0) is 11.2 Å². The SMILES string of the molecule is COc1ccc(C2=NC(C)(C)CO2)c(Cc2ccccc2)c1OC. The number of nitrogens with zero attached hydrogens (tertiary/aromatic N) is 1. The van der Waals surface area contributed by atoms with Crippen molar-refractivity contribution >= 4 is 5.90 Å². The molecule has 2 aromatic carbocycles. The molecule has 0 saturated heterocycles. The van der Waals surface area contributed by atoms with Crippen LogP contribution in [0.5, 0.6) is 11.5 Å². The Morgan fingerprint density at radius 3 is 2.38 bits per heavy atom. The van der Waals surface area contributed by atoms with Crippen LogP contribution in [0.1, 0.15) is 30.5 Å². The van der Waals surface area contributed by atoms with Crippen LogP contribution in [0.15, 0.2) is 47.5 Å². The van der Waals surface area contributed by atoms with Crippen molar-refractivity contribution in [2.75, 3.05) is 20.8 Å². The molecule has 0 bridgehead atoms. The molecule has 4 heteroatoms. The van der Waals surface area contributed by atoms with Crippen LogP contribution in [0.3, 0.4) is 0 Å². The topological polar surface area (TPSA) is 40.0 Å². The fraction of sp³-hybridized carbons (Fsp3) is 0.350. The van der Waals surface area contributed by atoms with Crippen molar-refractivity contribution in [2.24, 2.45) is 4.99 Å². The van der Waals surface area contributed by atoms with Gasteiger partial charge in [0, 0.05) is 17.5 Å². The van der Waals surface area contributed by atoms with Gasteiger partial charge in [0.2, 0.25) is 5.90 Å². The van der Waals surface area contributed by atoms with E-state index >= 15 is 0 Å². The minimum absolute atomic E-state index is 0.202. The summed E-state index contributed by atoms with van der Waals surface area (Å²) in [5, 5.41) is 0. The van der Waals surface area contributed by atoms with Gasteiger partial charge in [-0.2, -0.15) is 0 Å². The second kappa shape index (κ2) is 6.56. The van der Waals surface area contributed by atoms with Gasteiger partial charge in [-0.05, 0) is 31.5 Å². The zero-order valence-electron chi connectivity index (χ0n) is 14.6. The van der Waals surface area contributed by atoms with Crippen LogP contribution >= 0.6 is 0 Å².